The summed E-state index contributed by atoms with van der Waals surface area (Å²) in [6, 6.07) is 8.48. The average molecular weight is 302 g/mol. The Kier molecular flexibility index (Phi) is 3.61. The minimum atomic E-state index is 0.0339. The summed E-state index contributed by atoms with van der Waals surface area (Å²) in [5.41, 5.74) is 6.20. The van der Waals surface area contributed by atoms with Crippen LogP contribution in [0.25, 0.3) is 0 Å². The molecule has 0 aliphatic heterocycles. The quantitative estimate of drug-likeness (QED) is 0.904. The van der Waals surface area contributed by atoms with Crippen molar-refractivity contribution in [2.75, 3.05) is 0 Å². The summed E-state index contributed by atoms with van der Waals surface area (Å²) < 4.78 is 1.14. The Morgan fingerprint density at radius 1 is 1.20 bits per heavy atom. The lowest BCUT2D eigenvalue weighted by Gasteiger charge is -2.05. The van der Waals surface area contributed by atoms with Gasteiger partial charge in [0, 0.05) is 14.6 Å². The number of thiophene rings is 2. The zero-order valence-corrected chi connectivity index (χ0v) is 11.6. The molecule has 2 aromatic heterocycles. The highest BCUT2D eigenvalue weighted by Gasteiger charge is 2.13. The third-order valence-electron chi connectivity index (χ3n) is 2.24. The molecule has 0 fully saturated rings. The molecule has 0 aromatic carbocycles. The largest absolute Gasteiger partial charge is 0.319 e. The van der Waals surface area contributed by atoms with Crippen molar-refractivity contribution < 1.29 is 0 Å². The third kappa shape index (κ3) is 2.50. The van der Waals surface area contributed by atoms with Crippen LogP contribution in [0.2, 0.25) is 0 Å². The van der Waals surface area contributed by atoms with Crippen LogP contribution < -0.4 is 5.73 Å². The molecule has 1 nitrogen and oxygen atoms in total. The first-order valence-electron chi connectivity index (χ1n) is 4.80. The fourth-order valence-electron chi connectivity index (χ4n) is 1.39. The number of rotatable bonds is 3. The molecule has 0 radical (unpaired) electrons. The van der Waals surface area contributed by atoms with Crippen molar-refractivity contribution in [3.05, 3.63) is 42.7 Å². The molecule has 0 saturated heterocycles. The second-order valence-corrected chi connectivity index (χ2v) is 6.97. The van der Waals surface area contributed by atoms with Crippen LogP contribution in [-0.2, 0) is 6.42 Å². The van der Waals surface area contributed by atoms with Gasteiger partial charge in [-0.1, -0.05) is 6.92 Å². The Hall–Kier alpha value is -0.160. The van der Waals surface area contributed by atoms with Gasteiger partial charge in [0.05, 0.1) is 9.83 Å². The standard InChI is InChI=1S/C11H12BrNS2/c1-2-7-3-4-8(14-7)11(13)9-5-6-10(12)15-9/h3-6,11H,2,13H2,1H3. The van der Waals surface area contributed by atoms with E-state index in [9.17, 15) is 0 Å². The van der Waals surface area contributed by atoms with E-state index in [0.717, 1.165) is 10.2 Å². The van der Waals surface area contributed by atoms with Crippen LogP contribution >= 0.6 is 38.6 Å². The lowest BCUT2D eigenvalue weighted by molar-refractivity contribution is 0.917. The van der Waals surface area contributed by atoms with Crippen molar-refractivity contribution in [3.8, 4) is 0 Å². The van der Waals surface area contributed by atoms with Crippen LogP contribution in [0.1, 0.15) is 27.6 Å². The van der Waals surface area contributed by atoms with Crippen molar-refractivity contribution in [2.45, 2.75) is 19.4 Å². The summed E-state index contributed by atoms with van der Waals surface area (Å²) in [6.45, 7) is 2.17. The van der Waals surface area contributed by atoms with Crippen molar-refractivity contribution in [2.24, 2.45) is 5.73 Å². The molecule has 2 aromatic rings. The van der Waals surface area contributed by atoms with Gasteiger partial charge < -0.3 is 5.73 Å². The molecule has 4 heteroatoms. The van der Waals surface area contributed by atoms with Gasteiger partial charge in [-0.15, -0.1) is 22.7 Å². The van der Waals surface area contributed by atoms with Crippen molar-refractivity contribution >= 4 is 38.6 Å². The van der Waals surface area contributed by atoms with Crippen LogP contribution in [0.4, 0.5) is 0 Å². The van der Waals surface area contributed by atoms with Crippen LogP contribution in [0, 0.1) is 0 Å². The maximum Gasteiger partial charge on any atom is 0.0740 e. The average Bonchev–Trinajstić information content (AvgIpc) is 2.84. The van der Waals surface area contributed by atoms with E-state index in [1.165, 1.54) is 14.6 Å². The topological polar surface area (TPSA) is 26.0 Å². The molecule has 2 rings (SSSR count). The summed E-state index contributed by atoms with van der Waals surface area (Å²) >= 11 is 6.98. The highest BCUT2D eigenvalue weighted by Crippen LogP contribution is 2.32. The molecule has 0 aliphatic carbocycles. The summed E-state index contributed by atoms with van der Waals surface area (Å²) in [7, 11) is 0. The third-order valence-corrected chi connectivity index (χ3v) is 5.26. The molecule has 1 atom stereocenters. The number of hydrogen-bond acceptors (Lipinski definition) is 3. The lowest BCUT2D eigenvalue weighted by atomic mass is 10.2. The van der Waals surface area contributed by atoms with Gasteiger partial charge >= 0.3 is 0 Å². The van der Waals surface area contributed by atoms with E-state index < -0.39 is 0 Å². The minimum absolute atomic E-state index is 0.0339. The van der Waals surface area contributed by atoms with Crippen LogP contribution in [-0.4, -0.2) is 0 Å². The Balaban J connectivity index is 2.23. The molecule has 80 valence electrons. The van der Waals surface area contributed by atoms with E-state index in [-0.39, 0.29) is 6.04 Å². The SMILES string of the molecule is CCc1ccc(C(N)c2ccc(Br)s2)s1. The summed E-state index contributed by atoms with van der Waals surface area (Å²) in [5.74, 6) is 0. The van der Waals surface area contributed by atoms with Gasteiger partial charge in [0.2, 0.25) is 0 Å². The van der Waals surface area contributed by atoms with Gasteiger partial charge in [-0.3, -0.25) is 0 Å². The maximum atomic E-state index is 6.20. The Bertz CT molecular complexity index is 447. The molecular weight excluding hydrogens is 290 g/mol. The van der Waals surface area contributed by atoms with Crippen molar-refractivity contribution in [1.82, 2.24) is 0 Å². The summed E-state index contributed by atoms with van der Waals surface area (Å²) in [4.78, 5) is 3.86. The van der Waals surface area contributed by atoms with Gasteiger partial charge in [0.1, 0.15) is 0 Å². The van der Waals surface area contributed by atoms with Gasteiger partial charge in [-0.05, 0) is 46.6 Å². The van der Waals surface area contributed by atoms with E-state index in [1.54, 1.807) is 11.3 Å². The number of halogens is 1. The van der Waals surface area contributed by atoms with Crippen molar-refractivity contribution in [3.63, 3.8) is 0 Å². The second-order valence-electron chi connectivity index (χ2n) is 3.28. The van der Waals surface area contributed by atoms with E-state index >= 15 is 0 Å². The molecule has 2 N–H and O–H groups in total. The summed E-state index contributed by atoms with van der Waals surface area (Å²) in [5, 5.41) is 0. The van der Waals surface area contributed by atoms with Gasteiger partial charge in [-0.2, -0.15) is 0 Å². The molecule has 0 saturated carbocycles. The smallest absolute Gasteiger partial charge is 0.0740 e. The monoisotopic (exact) mass is 301 g/mol. The van der Waals surface area contributed by atoms with Crippen molar-refractivity contribution in [1.29, 1.82) is 0 Å². The molecular formula is C11H12BrNS2. The Morgan fingerprint density at radius 2 is 1.87 bits per heavy atom. The van der Waals surface area contributed by atoms with E-state index in [0.29, 0.717) is 0 Å². The second kappa shape index (κ2) is 4.78. The predicted molar refractivity (Wildman–Crippen MR) is 71.7 cm³/mol. The van der Waals surface area contributed by atoms with E-state index in [1.807, 2.05) is 17.4 Å². The van der Waals surface area contributed by atoms with Crippen LogP contribution in [0.5, 0.6) is 0 Å². The maximum absolute atomic E-state index is 6.20. The molecule has 0 amide bonds. The van der Waals surface area contributed by atoms with E-state index in [2.05, 4.69) is 41.1 Å². The van der Waals surface area contributed by atoms with Crippen LogP contribution in [0.3, 0.4) is 0 Å². The highest BCUT2D eigenvalue weighted by molar-refractivity contribution is 9.11. The Morgan fingerprint density at radius 3 is 2.40 bits per heavy atom. The first-order chi connectivity index (χ1) is 7.20. The zero-order chi connectivity index (χ0) is 10.8. The summed E-state index contributed by atoms with van der Waals surface area (Å²) in [6.07, 6.45) is 1.09. The van der Waals surface area contributed by atoms with Gasteiger partial charge in [-0.25, -0.2) is 0 Å². The lowest BCUT2D eigenvalue weighted by Crippen LogP contribution is -2.07. The minimum Gasteiger partial charge on any atom is -0.319 e. The fraction of sp³-hybridized carbons (Fsp3) is 0.273. The number of hydrogen-bond donors (Lipinski definition) is 1. The molecule has 0 aliphatic rings. The fourth-order valence-corrected chi connectivity index (χ4v) is 3.88. The molecule has 2 heterocycles. The number of nitrogens with two attached hydrogens (primary N) is 1. The number of aryl methyl sites for hydroxylation is 1. The predicted octanol–water partition coefficient (Wildman–Crippen LogP) is 4.18. The molecule has 0 spiro atoms. The van der Waals surface area contributed by atoms with Crippen LogP contribution in [0.15, 0.2) is 28.1 Å². The van der Waals surface area contributed by atoms with Gasteiger partial charge in [0.25, 0.3) is 0 Å². The Labute approximate surface area is 106 Å². The van der Waals surface area contributed by atoms with Gasteiger partial charge in [0.15, 0.2) is 0 Å². The zero-order valence-electron chi connectivity index (χ0n) is 8.37. The normalized spacial score (nSPS) is 13.0. The molecule has 15 heavy (non-hydrogen) atoms. The van der Waals surface area contributed by atoms with E-state index in [4.69, 9.17) is 5.73 Å². The first-order valence-corrected chi connectivity index (χ1v) is 7.22. The molecule has 1 unspecified atom stereocenters. The first kappa shape index (κ1) is 11.3. The molecule has 0 bridgehead atoms. The highest BCUT2D eigenvalue weighted by atomic mass is 79.9.